The van der Waals surface area contributed by atoms with Crippen molar-refractivity contribution in [3.8, 4) is 0 Å². The number of hydrogen-bond donors (Lipinski definition) is 2. The van der Waals surface area contributed by atoms with Gasteiger partial charge in [-0.25, -0.2) is 4.79 Å². The Hall–Kier alpha value is -2.61. The quantitative estimate of drug-likeness (QED) is 0.750. The van der Waals surface area contributed by atoms with Gasteiger partial charge >= 0.3 is 6.09 Å². The molecule has 3 aliphatic heterocycles. The number of amides is 3. The van der Waals surface area contributed by atoms with Gasteiger partial charge in [0.05, 0.1) is 13.1 Å². The van der Waals surface area contributed by atoms with Gasteiger partial charge in [-0.1, -0.05) is 12.1 Å². The Morgan fingerprint density at radius 3 is 2.63 bits per heavy atom. The fourth-order valence-corrected chi connectivity index (χ4v) is 5.14. The molecular formula is C19H21N3O5. The topological polar surface area (TPSA) is 99.2 Å². The highest BCUT2D eigenvalue weighted by molar-refractivity contribution is 5.90. The van der Waals surface area contributed by atoms with E-state index in [9.17, 15) is 14.4 Å². The number of fused-ring (bicyclic) bond motifs is 1. The molecule has 0 aromatic heterocycles. The van der Waals surface area contributed by atoms with Gasteiger partial charge in [0.2, 0.25) is 11.8 Å². The molecule has 8 nitrogen and oxygen atoms in total. The van der Waals surface area contributed by atoms with Crippen LogP contribution >= 0.6 is 0 Å². The minimum absolute atomic E-state index is 0.0491. The number of piperidine rings is 1. The van der Waals surface area contributed by atoms with Crippen LogP contribution in [0.25, 0.3) is 0 Å². The highest BCUT2D eigenvalue weighted by Gasteiger charge is 2.91. The van der Waals surface area contributed by atoms with Crippen LogP contribution in [-0.4, -0.2) is 66.3 Å². The predicted molar refractivity (Wildman–Crippen MR) is 94.0 cm³/mol. The van der Waals surface area contributed by atoms with Crippen molar-refractivity contribution < 1.29 is 24.2 Å². The molecular weight excluding hydrogens is 350 g/mol. The molecule has 2 N–H and O–H groups in total. The van der Waals surface area contributed by atoms with E-state index in [2.05, 4.69) is 5.32 Å². The average Bonchev–Trinajstić information content (AvgIpc) is 3.39. The first-order valence-electron chi connectivity index (χ1n) is 9.21. The van der Waals surface area contributed by atoms with Crippen LogP contribution in [0.3, 0.4) is 0 Å². The molecule has 1 aromatic carbocycles. The molecule has 0 spiro atoms. The van der Waals surface area contributed by atoms with Crippen molar-refractivity contribution >= 4 is 23.6 Å². The van der Waals surface area contributed by atoms with E-state index in [-0.39, 0.29) is 23.3 Å². The third-order valence-corrected chi connectivity index (χ3v) is 6.48. The van der Waals surface area contributed by atoms with Crippen LogP contribution < -0.4 is 10.2 Å². The minimum Gasteiger partial charge on any atom is -0.442 e. The summed E-state index contributed by atoms with van der Waals surface area (Å²) in [7, 11) is 0. The number of carbonyl (C=O) groups is 3. The standard InChI is InChI=1S/C19H21N3O5/c1-10(24)20-6-13-7-21(18(26)27-13)12-4-2-11(3-5-12)19-9-22(14(25)8-23)17-15(19)16(17)19/h2-5,13,15-17,23H,6-9H2,1H3,(H,20,24). The summed E-state index contributed by atoms with van der Waals surface area (Å²) in [4.78, 5) is 38.3. The lowest BCUT2D eigenvalue weighted by molar-refractivity contribution is -0.133. The molecule has 27 heavy (non-hydrogen) atoms. The largest absolute Gasteiger partial charge is 0.442 e. The number of cyclic esters (lactones) is 1. The molecule has 2 bridgehead atoms. The van der Waals surface area contributed by atoms with Crippen LogP contribution in [0.1, 0.15) is 12.5 Å². The molecule has 2 aliphatic carbocycles. The second-order valence-corrected chi connectivity index (χ2v) is 7.86. The van der Waals surface area contributed by atoms with E-state index in [1.54, 1.807) is 4.90 Å². The molecule has 3 saturated heterocycles. The summed E-state index contributed by atoms with van der Waals surface area (Å²) in [5.41, 5.74) is 2.00. The fourth-order valence-electron chi connectivity index (χ4n) is 5.14. The van der Waals surface area contributed by atoms with E-state index in [0.717, 1.165) is 5.69 Å². The van der Waals surface area contributed by atoms with Gasteiger partial charge in [-0.15, -0.1) is 0 Å². The number of nitrogens with zero attached hydrogens (tertiary/aromatic N) is 2. The molecule has 6 rings (SSSR count). The van der Waals surface area contributed by atoms with Crippen molar-refractivity contribution in [2.24, 2.45) is 11.8 Å². The smallest absolute Gasteiger partial charge is 0.414 e. The number of benzene rings is 1. The van der Waals surface area contributed by atoms with Crippen molar-refractivity contribution in [3.05, 3.63) is 29.8 Å². The maximum atomic E-state index is 12.1. The van der Waals surface area contributed by atoms with Crippen LogP contribution in [0.5, 0.6) is 0 Å². The summed E-state index contributed by atoms with van der Waals surface area (Å²) in [6.07, 6.45) is -0.768. The normalized spacial score (nSPS) is 35.0. The Morgan fingerprint density at radius 1 is 1.30 bits per heavy atom. The first-order chi connectivity index (χ1) is 13.0. The van der Waals surface area contributed by atoms with Crippen LogP contribution in [0.15, 0.2) is 24.3 Å². The summed E-state index contributed by atoms with van der Waals surface area (Å²) in [6.45, 7) is 2.38. The van der Waals surface area contributed by atoms with Crippen molar-refractivity contribution in [1.82, 2.24) is 10.2 Å². The number of nitrogens with one attached hydrogen (secondary N) is 1. The Labute approximate surface area is 156 Å². The van der Waals surface area contributed by atoms with Crippen molar-refractivity contribution in [1.29, 1.82) is 0 Å². The number of ether oxygens (including phenoxy) is 1. The number of anilines is 1. The zero-order valence-corrected chi connectivity index (χ0v) is 14.9. The molecule has 142 valence electrons. The molecule has 8 heteroatoms. The van der Waals surface area contributed by atoms with E-state index < -0.39 is 12.7 Å². The Balaban J connectivity index is 1.27. The van der Waals surface area contributed by atoms with E-state index in [0.29, 0.717) is 37.5 Å². The molecule has 3 heterocycles. The Kier molecular flexibility index (Phi) is 3.34. The molecule has 1 aromatic rings. The molecule has 5 fully saturated rings. The summed E-state index contributed by atoms with van der Waals surface area (Å²) in [6, 6.07) is 8.19. The highest BCUT2D eigenvalue weighted by atomic mass is 16.6. The van der Waals surface area contributed by atoms with E-state index in [1.807, 2.05) is 29.2 Å². The molecule has 3 amide bonds. The lowest BCUT2D eigenvalue weighted by Gasteiger charge is -2.18. The van der Waals surface area contributed by atoms with Crippen LogP contribution in [0.2, 0.25) is 0 Å². The van der Waals surface area contributed by atoms with Gasteiger partial charge in [-0.05, 0) is 29.5 Å². The zero-order chi connectivity index (χ0) is 18.9. The second kappa shape index (κ2) is 5.45. The van der Waals surface area contributed by atoms with Gasteiger partial charge in [0.1, 0.15) is 12.7 Å². The summed E-state index contributed by atoms with van der Waals surface area (Å²) in [5.74, 6) is 0.712. The van der Waals surface area contributed by atoms with E-state index in [4.69, 9.17) is 9.84 Å². The van der Waals surface area contributed by atoms with Crippen molar-refractivity contribution in [2.45, 2.75) is 24.5 Å². The lowest BCUT2D eigenvalue weighted by atomic mass is 9.88. The summed E-state index contributed by atoms with van der Waals surface area (Å²) < 4.78 is 5.30. The predicted octanol–water partition coefficient (Wildman–Crippen LogP) is -0.152. The number of carbonyl (C=O) groups excluding carboxylic acids is 3. The Bertz CT molecular complexity index is 828. The van der Waals surface area contributed by atoms with E-state index in [1.165, 1.54) is 12.5 Å². The highest BCUT2D eigenvalue weighted by Crippen LogP contribution is 2.83. The van der Waals surface area contributed by atoms with Gasteiger partial charge in [0, 0.05) is 30.6 Å². The van der Waals surface area contributed by atoms with Gasteiger partial charge < -0.3 is 20.1 Å². The third kappa shape index (κ3) is 2.22. The monoisotopic (exact) mass is 371 g/mol. The van der Waals surface area contributed by atoms with Crippen LogP contribution in [0, 0.1) is 11.8 Å². The second-order valence-electron chi connectivity index (χ2n) is 7.86. The zero-order valence-electron chi connectivity index (χ0n) is 14.9. The Morgan fingerprint density at radius 2 is 2.00 bits per heavy atom. The first kappa shape index (κ1) is 16.6. The lowest BCUT2D eigenvalue weighted by Crippen LogP contribution is -2.33. The van der Waals surface area contributed by atoms with Gasteiger partial charge in [0.25, 0.3) is 0 Å². The van der Waals surface area contributed by atoms with Crippen molar-refractivity contribution in [3.63, 3.8) is 0 Å². The third-order valence-electron chi connectivity index (χ3n) is 6.48. The molecule has 5 aliphatic rings. The van der Waals surface area contributed by atoms with Crippen LogP contribution in [-0.2, 0) is 19.7 Å². The van der Waals surface area contributed by atoms with Crippen LogP contribution in [0.4, 0.5) is 10.5 Å². The minimum atomic E-state index is -0.429. The number of aliphatic hydroxyl groups is 1. The maximum absolute atomic E-state index is 12.1. The molecule has 3 atom stereocenters. The average molecular weight is 371 g/mol. The molecule has 3 unspecified atom stereocenters. The summed E-state index contributed by atoms with van der Waals surface area (Å²) >= 11 is 0. The van der Waals surface area contributed by atoms with Gasteiger partial charge in [-0.3, -0.25) is 14.5 Å². The van der Waals surface area contributed by atoms with Gasteiger partial charge in [-0.2, -0.15) is 0 Å². The molecule has 0 radical (unpaired) electrons. The summed E-state index contributed by atoms with van der Waals surface area (Å²) in [5, 5.41) is 11.8. The van der Waals surface area contributed by atoms with Gasteiger partial charge in [0.15, 0.2) is 0 Å². The number of rotatable bonds is 5. The maximum Gasteiger partial charge on any atom is 0.414 e. The van der Waals surface area contributed by atoms with Crippen molar-refractivity contribution in [2.75, 3.05) is 31.1 Å². The SMILES string of the molecule is CC(=O)NCC1CN(c2ccc(C34CN(C(=O)CO)C5C3C54)cc2)C(=O)O1. The number of hydrogen-bond acceptors (Lipinski definition) is 5. The number of aliphatic hydroxyl groups excluding tert-OH is 1. The fraction of sp³-hybridized carbons (Fsp3) is 0.526. The van der Waals surface area contributed by atoms with E-state index >= 15 is 0 Å². The molecule has 2 saturated carbocycles. The first-order valence-corrected chi connectivity index (χ1v) is 9.21.